The Morgan fingerprint density at radius 1 is 1.12 bits per heavy atom. The second kappa shape index (κ2) is 11.6. The molecule has 8 nitrogen and oxygen atoms in total. The third kappa shape index (κ3) is 6.98. The predicted molar refractivity (Wildman–Crippen MR) is 141 cm³/mol. The molecule has 1 aliphatic rings. The predicted octanol–water partition coefficient (Wildman–Crippen LogP) is 3.55. The van der Waals surface area contributed by atoms with Crippen molar-refractivity contribution in [2.24, 2.45) is 5.92 Å². The molecule has 2 N–H and O–H groups in total. The molecule has 0 aliphatic carbocycles. The highest BCUT2D eigenvalue weighted by Gasteiger charge is 2.27. The Morgan fingerprint density at radius 2 is 1.76 bits per heavy atom. The topological polar surface area (TPSA) is 91.0 Å². The van der Waals surface area contributed by atoms with Crippen LogP contribution in [0, 0.1) is 5.92 Å². The minimum absolute atomic E-state index is 0.107. The number of rotatable bonds is 7. The summed E-state index contributed by atoms with van der Waals surface area (Å²) in [5.41, 5.74) is 0.989. The highest BCUT2D eigenvalue weighted by molar-refractivity contribution is 9.10. The van der Waals surface area contributed by atoms with Gasteiger partial charge in [-0.1, -0.05) is 13.8 Å². The van der Waals surface area contributed by atoms with E-state index in [0.29, 0.717) is 60.2 Å². The molecule has 0 radical (unpaired) electrons. The summed E-state index contributed by atoms with van der Waals surface area (Å²) in [5, 5.41) is 5.65. The Kier molecular flexibility index (Phi) is 9.05. The van der Waals surface area contributed by atoms with Gasteiger partial charge in [0.05, 0.1) is 16.0 Å². The molecule has 0 unspecified atom stereocenters. The van der Waals surface area contributed by atoms with Crippen LogP contribution in [0.5, 0.6) is 5.75 Å². The van der Waals surface area contributed by atoms with Gasteiger partial charge in [0.25, 0.3) is 5.91 Å². The smallest absolute Gasteiger partial charge is 0.257 e. The van der Waals surface area contributed by atoms with Crippen LogP contribution in [-0.4, -0.2) is 68.5 Å². The van der Waals surface area contributed by atoms with Gasteiger partial charge in [0.15, 0.2) is 5.11 Å². The number of carbonyl (C=O) groups excluding carboxylic acids is 1. The van der Waals surface area contributed by atoms with Gasteiger partial charge < -0.3 is 15.0 Å². The minimum Gasteiger partial charge on any atom is -0.492 e. The lowest BCUT2D eigenvalue weighted by Gasteiger charge is -2.31. The van der Waals surface area contributed by atoms with E-state index in [1.54, 1.807) is 30.3 Å². The lowest BCUT2D eigenvalue weighted by molar-refractivity contribution is 0.0977. The zero-order chi connectivity index (χ0) is 24.9. The van der Waals surface area contributed by atoms with Crippen molar-refractivity contribution in [1.82, 2.24) is 14.5 Å². The van der Waals surface area contributed by atoms with E-state index >= 15 is 0 Å². The number of sulfonamides is 1. The van der Waals surface area contributed by atoms with Crippen LogP contribution in [0.4, 0.5) is 5.69 Å². The first-order valence-corrected chi connectivity index (χ1v) is 13.5. The van der Waals surface area contributed by atoms with Gasteiger partial charge >= 0.3 is 0 Å². The maximum atomic E-state index is 12.8. The van der Waals surface area contributed by atoms with Gasteiger partial charge in [-0.25, -0.2) is 8.42 Å². The number of anilines is 1. The summed E-state index contributed by atoms with van der Waals surface area (Å²) in [7, 11) is -1.57. The Morgan fingerprint density at radius 3 is 2.35 bits per heavy atom. The average molecular weight is 570 g/mol. The molecule has 0 atom stereocenters. The SMILES string of the molecule is CC(C)COc1ccc(C(=O)NC(=S)Nc2ccc(S(=O)(=O)N3CCN(C)CC3)cc2)cc1Br. The van der Waals surface area contributed by atoms with Crippen LogP contribution in [0.3, 0.4) is 0 Å². The third-order valence-electron chi connectivity index (χ3n) is 5.21. The number of hydrogen-bond donors (Lipinski definition) is 2. The monoisotopic (exact) mass is 568 g/mol. The summed E-state index contributed by atoms with van der Waals surface area (Å²) in [4.78, 5) is 14.9. The normalized spacial score (nSPS) is 15.2. The van der Waals surface area contributed by atoms with E-state index in [4.69, 9.17) is 17.0 Å². The van der Waals surface area contributed by atoms with E-state index in [0.717, 1.165) is 0 Å². The van der Waals surface area contributed by atoms with Gasteiger partial charge in [-0.3, -0.25) is 10.1 Å². The van der Waals surface area contributed by atoms with E-state index in [9.17, 15) is 13.2 Å². The summed E-state index contributed by atoms with van der Waals surface area (Å²) in [6, 6.07) is 11.4. The van der Waals surface area contributed by atoms with E-state index in [1.807, 2.05) is 7.05 Å². The summed E-state index contributed by atoms with van der Waals surface area (Å²) >= 11 is 8.68. The number of likely N-dealkylation sites (N-methyl/N-ethyl adjacent to an activating group) is 1. The molecule has 184 valence electrons. The number of halogens is 1. The average Bonchev–Trinajstić information content (AvgIpc) is 2.78. The molecule has 0 aromatic heterocycles. The van der Waals surface area contributed by atoms with Crippen LogP contribution in [0.1, 0.15) is 24.2 Å². The van der Waals surface area contributed by atoms with Gasteiger partial charge in [0, 0.05) is 37.4 Å². The van der Waals surface area contributed by atoms with Crippen molar-refractivity contribution in [2.75, 3.05) is 45.2 Å². The van der Waals surface area contributed by atoms with E-state index in [-0.39, 0.29) is 15.9 Å². The Balaban J connectivity index is 1.57. The summed E-state index contributed by atoms with van der Waals surface area (Å²) in [5.74, 6) is 0.680. The molecule has 1 amide bonds. The first-order valence-electron chi connectivity index (χ1n) is 10.9. The van der Waals surface area contributed by atoms with Crippen molar-refractivity contribution in [1.29, 1.82) is 0 Å². The number of ether oxygens (including phenoxy) is 1. The van der Waals surface area contributed by atoms with Crippen LogP contribution in [0.15, 0.2) is 51.8 Å². The van der Waals surface area contributed by atoms with E-state index < -0.39 is 10.0 Å². The minimum atomic E-state index is -3.54. The van der Waals surface area contributed by atoms with E-state index in [1.165, 1.54) is 16.4 Å². The van der Waals surface area contributed by atoms with Gasteiger partial charge in [0.2, 0.25) is 10.0 Å². The van der Waals surface area contributed by atoms with Gasteiger partial charge in [-0.05, 0) is 83.6 Å². The van der Waals surface area contributed by atoms with Crippen LogP contribution in [0.2, 0.25) is 0 Å². The molecule has 3 rings (SSSR count). The number of hydrogen-bond acceptors (Lipinski definition) is 6. The maximum absolute atomic E-state index is 12.8. The standard InChI is InChI=1S/C23H29BrN4O4S2/c1-16(2)15-32-21-9-4-17(14-20(21)24)22(29)26-23(33)25-18-5-7-19(8-6-18)34(30,31)28-12-10-27(3)11-13-28/h4-9,14,16H,10-13,15H2,1-3H3,(H2,25,26,29,33). The second-order valence-electron chi connectivity index (χ2n) is 8.49. The molecule has 1 saturated heterocycles. The fourth-order valence-corrected chi connectivity index (χ4v) is 5.37. The van der Waals surface area contributed by atoms with Gasteiger partial charge in [-0.15, -0.1) is 0 Å². The molecule has 0 bridgehead atoms. The quantitative estimate of drug-likeness (QED) is 0.493. The van der Waals surface area contributed by atoms with Crippen LogP contribution >= 0.6 is 28.1 Å². The largest absolute Gasteiger partial charge is 0.492 e. The molecule has 1 aliphatic heterocycles. The fraction of sp³-hybridized carbons (Fsp3) is 0.391. The number of amides is 1. The molecule has 2 aromatic carbocycles. The molecule has 34 heavy (non-hydrogen) atoms. The second-order valence-corrected chi connectivity index (χ2v) is 11.7. The van der Waals surface area contributed by atoms with Crippen molar-refractivity contribution in [3.8, 4) is 5.75 Å². The third-order valence-corrected chi connectivity index (χ3v) is 7.94. The zero-order valence-corrected chi connectivity index (χ0v) is 22.6. The maximum Gasteiger partial charge on any atom is 0.257 e. The summed E-state index contributed by atoms with van der Waals surface area (Å²) < 4.78 is 33.6. The number of benzene rings is 2. The van der Waals surface area contributed by atoms with Crippen molar-refractivity contribution in [3.05, 3.63) is 52.5 Å². The molecule has 2 aromatic rings. The van der Waals surface area contributed by atoms with Crippen LogP contribution < -0.4 is 15.4 Å². The lowest BCUT2D eigenvalue weighted by Crippen LogP contribution is -2.46. The number of nitrogens with zero attached hydrogens (tertiary/aromatic N) is 2. The van der Waals surface area contributed by atoms with Crippen molar-refractivity contribution >= 4 is 54.9 Å². The summed E-state index contributed by atoms with van der Waals surface area (Å²) in [6.07, 6.45) is 0. The van der Waals surface area contributed by atoms with Crippen molar-refractivity contribution < 1.29 is 17.9 Å². The van der Waals surface area contributed by atoms with Crippen molar-refractivity contribution in [3.63, 3.8) is 0 Å². The van der Waals surface area contributed by atoms with Crippen molar-refractivity contribution in [2.45, 2.75) is 18.7 Å². The Bertz CT molecular complexity index is 1130. The lowest BCUT2D eigenvalue weighted by atomic mass is 10.2. The van der Waals surface area contributed by atoms with Gasteiger partial charge in [-0.2, -0.15) is 4.31 Å². The highest BCUT2D eigenvalue weighted by atomic mass is 79.9. The zero-order valence-electron chi connectivity index (χ0n) is 19.4. The van der Waals surface area contributed by atoms with Crippen LogP contribution in [-0.2, 0) is 10.0 Å². The Hall–Kier alpha value is -2.05. The molecule has 11 heteroatoms. The van der Waals surface area contributed by atoms with E-state index in [2.05, 4.69) is 45.3 Å². The van der Waals surface area contributed by atoms with Crippen LogP contribution in [0.25, 0.3) is 0 Å². The number of piperazine rings is 1. The summed E-state index contributed by atoms with van der Waals surface area (Å²) in [6.45, 7) is 7.04. The first-order chi connectivity index (χ1) is 16.1. The van der Waals surface area contributed by atoms with Gasteiger partial charge in [0.1, 0.15) is 5.75 Å². The fourth-order valence-electron chi connectivity index (χ4n) is 3.24. The first kappa shape index (κ1) is 26.6. The molecule has 1 fully saturated rings. The number of carbonyl (C=O) groups is 1. The Labute approximate surface area is 214 Å². The number of thiocarbonyl (C=S) groups is 1. The molecule has 0 spiro atoms. The molecular formula is C23H29BrN4O4S2. The molecule has 0 saturated carbocycles. The molecular weight excluding hydrogens is 540 g/mol. The highest BCUT2D eigenvalue weighted by Crippen LogP contribution is 2.26. The number of nitrogens with one attached hydrogen (secondary N) is 2. The molecule has 1 heterocycles.